The highest BCUT2D eigenvalue weighted by Crippen LogP contribution is 2.09. The predicted molar refractivity (Wildman–Crippen MR) is 72.3 cm³/mol. The van der Waals surface area contributed by atoms with Gasteiger partial charge < -0.3 is 9.97 Å². The number of imidazole rings is 2. The molecule has 0 aliphatic carbocycles. The van der Waals surface area contributed by atoms with Crippen LogP contribution < -0.4 is 16.4 Å². The van der Waals surface area contributed by atoms with Crippen molar-refractivity contribution in [2.24, 2.45) is 0 Å². The van der Waals surface area contributed by atoms with E-state index in [0.717, 1.165) is 0 Å². The van der Waals surface area contributed by atoms with Crippen LogP contribution in [0.15, 0.2) is 22.2 Å². The van der Waals surface area contributed by atoms with Crippen molar-refractivity contribution in [2.45, 2.75) is 0 Å². The average Bonchev–Trinajstić information content (AvgIpc) is 3.07. The Balaban J connectivity index is 1.82. The molecule has 11 nitrogen and oxygen atoms in total. The first-order valence-electron chi connectivity index (χ1n) is 5.84. The summed E-state index contributed by atoms with van der Waals surface area (Å²) in [6.07, 6.45) is 2.74. The number of anilines is 2. The van der Waals surface area contributed by atoms with Crippen LogP contribution in [0.2, 0.25) is 0 Å². The van der Waals surface area contributed by atoms with E-state index in [9.17, 15) is 9.59 Å². The topological polar surface area (TPSA) is 161 Å². The molecule has 4 aromatic heterocycles. The van der Waals surface area contributed by atoms with Crippen LogP contribution in [0.3, 0.4) is 0 Å². The molecule has 0 aliphatic heterocycles. The lowest BCUT2D eigenvalue weighted by molar-refractivity contribution is 1.10. The summed E-state index contributed by atoms with van der Waals surface area (Å²) >= 11 is 0. The van der Waals surface area contributed by atoms with Crippen molar-refractivity contribution in [3.05, 3.63) is 33.4 Å². The van der Waals surface area contributed by atoms with Crippen molar-refractivity contribution in [1.29, 1.82) is 0 Å². The molecule has 4 rings (SSSR count). The Bertz CT molecular complexity index is 983. The highest BCUT2D eigenvalue weighted by atomic mass is 16.1. The van der Waals surface area contributed by atoms with E-state index in [0.29, 0.717) is 0 Å². The fraction of sp³-hybridized carbons (Fsp3) is 0. The van der Waals surface area contributed by atoms with Crippen molar-refractivity contribution in [3.8, 4) is 0 Å². The van der Waals surface area contributed by atoms with Gasteiger partial charge in [-0.15, -0.1) is 0 Å². The van der Waals surface area contributed by atoms with Crippen molar-refractivity contribution in [1.82, 2.24) is 39.9 Å². The molecule has 0 amide bonds. The Morgan fingerprint density at radius 1 is 0.810 bits per heavy atom. The third-order valence-electron chi connectivity index (χ3n) is 2.83. The summed E-state index contributed by atoms with van der Waals surface area (Å²) in [5, 5.41) is 2.71. The van der Waals surface area contributed by atoms with E-state index in [4.69, 9.17) is 0 Å². The summed E-state index contributed by atoms with van der Waals surface area (Å²) in [6.45, 7) is 0. The van der Waals surface area contributed by atoms with E-state index < -0.39 is 0 Å². The molecule has 5 N–H and O–H groups in total. The third kappa shape index (κ3) is 1.75. The molecule has 0 saturated heterocycles. The van der Waals surface area contributed by atoms with E-state index in [1.54, 1.807) is 0 Å². The number of rotatable bonds is 2. The number of aromatic amines is 4. The lowest BCUT2D eigenvalue weighted by Crippen LogP contribution is -2.15. The molecular formula is C10H7N9O2. The van der Waals surface area contributed by atoms with Crippen molar-refractivity contribution in [2.75, 3.05) is 5.32 Å². The number of hydrogen-bond acceptors (Lipinski definition) is 7. The van der Waals surface area contributed by atoms with Gasteiger partial charge in [0.25, 0.3) is 11.1 Å². The third-order valence-corrected chi connectivity index (χ3v) is 2.83. The van der Waals surface area contributed by atoms with E-state index in [2.05, 4.69) is 45.2 Å². The van der Waals surface area contributed by atoms with Crippen LogP contribution in [-0.4, -0.2) is 39.9 Å². The van der Waals surface area contributed by atoms with Gasteiger partial charge in [-0.05, 0) is 0 Å². The largest absolute Gasteiger partial charge is 0.339 e. The molecule has 0 unspecified atom stereocenters. The first kappa shape index (κ1) is 11.3. The van der Waals surface area contributed by atoms with E-state index in [-0.39, 0.29) is 45.3 Å². The SMILES string of the molecule is O=c1[nH]c(Nc2nc3nc[nH]c3c(=O)[nH]2)nc2nc[nH]c12. The van der Waals surface area contributed by atoms with Crippen LogP contribution in [-0.2, 0) is 0 Å². The smallest absolute Gasteiger partial charge is 0.278 e. The van der Waals surface area contributed by atoms with Crippen LogP contribution in [0, 0.1) is 0 Å². The van der Waals surface area contributed by atoms with Crippen LogP contribution in [0.1, 0.15) is 0 Å². The molecule has 4 heterocycles. The molecule has 0 saturated carbocycles. The standard InChI is InChI=1S/C10H7N9O2/c20-7-3-5(13-1-11-3)15-9(17-7)19-10-16-6-4(8(21)18-10)12-2-14-6/h1-2H,(H5,11,12,13,14,15,16,17,18,19,20,21). The molecule has 0 aliphatic rings. The molecule has 0 fully saturated rings. The van der Waals surface area contributed by atoms with Gasteiger partial charge in [-0.25, -0.2) is 9.97 Å². The Labute approximate surface area is 113 Å². The molecule has 21 heavy (non-hydrogen) atoms. The van der Waals surface area contributed by atoms with Crippen molar-refractivity contribution < 1.29 is 0 Å². The van der Waals surface area contributed by atoms with Gasteiger partial charge in [0.05, 0.1) is 12.7 Å². The normalized spacial score (nSPS) is 11.2. The molecule has 0 radical (unpaired) electrons. The molecule has 0 atom stereocenters. The minimum atomic E-state index is -0.386. The molecular weight excluding hydrogens is 278 g/mol. The Hall–Kier alpha value is -3.50. The number of hydrogen-bond donors (Lipinski definition) is 5. The van der Waals surface area contributed by atoms with Gasteiger partial charge in [-0.3, -0.25) is 24.9 Å². The second-order valence-corrected chi connectivity index (χ2v) is 4.16. The van der Waals surface area contributed by atoms with Gasteiger partial charge in [0.1, 0.15) is 0 Å². The lowest BCUT2D eigenvalue weighted by atomic mass is 10.5. The highest BCUT2D eigenvalue weighted by molar-refractivity contribution is 5.72. The zero-order valence-electron chi connectivity index (χ0n) is 10.3. The predicted octanol–water partition coefficient (Wildman–Crippen LogP) is -0.651. The highest BCUT2D eigenvalue weighted by Gasteiger charge is 2.09. The van der Waals surface area contributed by atoms with Crippen molar-refractivity contribution >= 4 is 34.2 Å². The maximum atomic E-state index is 11.8. The van der Waals surface area contributed by atoms with Crippen LogP contribution in [0.4, 0.5) is 11.9 Å². The van der Waals surface area contributed by atoms with Gasteiger partial charge in [-0.2, -0.15) is 9.97 Å². The van der Waals surface area contributed by atoms with Crippen LogP contribution >= 0.6 is 0 Å². The Kier molecular flexibility index (Phi) is 2.16. The summed E-state index contributed by atoms with van der Waals surface area (Å²) in [6, 6.07) is 0. The zero-order valence-corrected chi connectivity index (χ0v) is 10.3. The maximum absolute atomic E-state index is 11.8. The number of H-pyrrole nitrogens is 4. The number of nitrogens with zero attached hydrogens (tertiary/aromatic N) is 4. The first-order valence-corrected chi connectivity index (χ1v) is 5.84. The minimum absolute atomic E-state index is 0.109. The molecule has 0 bridgehead atoms. The van der Waals surface area contributed by atoms with Gasteiger partial charge >= 0.3 is 0 Å². The second-order valence-electron chi connectivity index (χ2n) is 4.16. The van der Waals surface area contributed by atoms with Gasteiger partial charge in [0, 0.05) is 0 Å². The fourth-order valence-corrected chi connectivity index (χ4v) is 1.92. The molecule has 104 valence electrons. The number of nitrogens with one attached hydrogen (secondary N) is 5. The summed E-state index contributed by atoms with van der Waals surface area (Å²) in [4.78, 5) is 49.9. The fourth-order valence-electron chi connectivity index (χ4n) is 1.92. The Morgan fingerprint density at radius 3 is 1.76 bits per heavy atom. The zero-order chi connectivity index (χ0) is 14.4. The second kappa shape index (κ2) is 4.00. The maximum Gasteiger partial charge on any atom is 0.278 e. The summed E-state index contributed by atoms with van der Waals surface area (Å²) in [5.41, 5.74) is 0.273. The van der Waals surface area contributed by atoms with E-state index >= 15 is 0 Å². The van der Waals surface area contributed by atoms with Gasteiger partial charge in [0.15, 0.2) is 22.3 Å². The van der Waals surface area contributed by atoms with E-state index in [1.165, 1.54) is 12.7 Å². The quantitative estimate of drug-likeness (QED) is 0.327. The van der Waals surface area contributed by atoms with Gasteiger partial charge in [-0.1, -0.05) is 0 Å². The molecule has 0 spiro atoms. The first-order chi connectivity index (χ1) is 10.2. The van der Waals surface area contributed by atoms with Gasteiger partial charge in [0.2, 0.25) is 11.9 Å². The number of fused-ring (bicyclic) bond motifs is 2. The Morgan fingerprint density at radius 2 is 1.29 bits per heavy atom. The summed E-state index contributed by atoms with van der Waals surface area (Å²) < 4.78 is 0. The number of aromatic nitrogens is 8. The van der Waals surface area contributed by atoms with Crippen LogP contribution in [0.5, 0.6) is 0 Å². The van der Waals surface area contributed by atoms with E-state index in [1.807, 2.05) is 0 Å². The summed E-state index contributed by atoms with van der Waals surface area (Å²) in [5.74, 6) is 0.218. The minimum Gasteiger partial charge on any atom is -0.339 e. The van der Waals surface area contributed by atoms with Crippen LogP contribution in [0.25, 0.3) is 22.3 Å². The molecule has 4 aromatic rings. The average molecular weight is 285 g/mol. The summed E-state index contributed by atoms with van der Waals surface area (Å²) in [7, 11) is 0. The lowest BCUT2D eigenvalue weighted by Gasteiger charge is -2.03. The molecule has 11 heteroatoms. The van der Waals surface area contributed by atoms with Crippen molar-refractivity contribution in [3.63, 3.8) is 0 Å². The molecule has 0 aromatic carbocycles. The monoisotopic (exact) mass is 285 g/mol.